The van der Waals surface area contributed by atoms with Crippen molar-refractivity contribution in [1.82, 2.24) is 14.8 Å². The lowest BCUT2D eigenvalue weighted by Gasteiger charge is -2.11. The van der Waals surface area contributed by atoms with E-state index in [2.05, 4.69) is 26.9 Å². The summed E-state index contributed by atoms with van der Waals surface area (Å²) in [7, 11) is 1.65. The standard InChI is InChI=1S/C20H21N3O2S/c1-24-17-9-5-6-10-18(17)25-13-14-26-20-22-21-19(15-11-12-15)23(20)16-7-3-2-4-8-16/h2-10,15H,11-14H2,1H3. The zero-order valence-electron chi connectivity index (χ0n) is 14.7. The van der Waals surface area contributed by atoms with Gasteiger partial charge in [0.1, 0.15) is 5.82 Å². The maximum Gasteiger partial charge on any atom is 0.195 e. The van der Waals surface area contributed by atoms with Crippen LogP contribution in [0.2, 0.25) is 0 Å². The Morgan fingerprint density at radius 1 is 1.00 bits per heavy atom. The molecule has 1 aromatic heterocycles. The predicted molar refractivity (Wildman–Crippen MR) is 103 cm³/mol. The van der Waals surface area contributed by atoms with E-state index in [9.17, 15) is 0 Å². The normalized spacial score (nSPS) is 13.6. The quantitative estimate of drug-likeness (QED) is 0.438. The lowest BCUT2D eigenvalue weighted by atomic mass is 10.3. The minimum absolute atomic E-state index is 0.543. The van der Waals surface area contributed by atoms with Crippen LogP contribution in [0.15, 0.2) is 59.8 Å². The Bertz CT molecular complexity index is 863. The Morgan fingerprint density at radius 2 is 1.73 bits per heavy atom. The zero-order chi connectivity index (χ0) is 17.8. The molecule has 1 aliphatic carbocycles. The van der Waals surface area contributed by atoms with Gasteiger partial charge in [-0.1, -0.05) is 42.1 Å². The topological polar surface area (TPSA) is 49.2 Å². The molecule has 134 valence electrons. The molecule has 0 N–H and O–H groups in total. The Hall–Kier alpha value is -2.47. The van der Waals surface area contributed by atoms with Crippen LogP contribution >= 0.6 is 11.8 Å². The van der Waals surface area contributed by atoms with Gasteiger partial charge in [0.2, 0.25) is 0 Å². The fraction of sp³-hybridized carbons (Fsp3) is 0.300. The van der Waals surface area contributed by atoms with Gasteiger partial charge in [-0.2, -0.15) is 0 Å². The van der Waals surface area contributed by atoms with Gasteiger partial charge in [0.15, 0.2) is 16.7 Å². The van der Waals surface area contributed by atoms with Crippen LogP contribution in [0.1, 0.15) is 24.6 Å². The first kappa shape index (κ1) is 17.0. The van der Waals surface area contributed by atoms with Gasteiger partial charge < -0.3 is 9.47 Å². The van der Waals surface area contributed by atoms with E-state index in [4.69, 9.17) is 9.47 Å². The highest BCUT2D eigenvalue weighted by atomic mass is 32.2. The van der Waals surface area contributed by atoms with Crippen molar-refractivity contribution in [3.8, 4) is 17.2 Å². The summed E-state index contributed by atoms with van der Waals surface area (Å²) in [5.41, 5.74) is 1.12. The van der Waals surface area contributed by atoms with Crippen LogP contribution in [0.4, 0.5) is 0 Å². The maximum atomic E-state index is 5.86. The van der Waals surface area contributed by atoms with E-state index in [-0.39, 0.29) is 0 Å². The summed E-state index contributed by atoms with van der Waals surface area (Å²) in [6.07, 6.45) is 2.40. The maximum absolute atomic E-state index is 5.86. The van der Waals surface area contributed by atoms with Crippen LogP contribution in [0.3, 0.4) is 0 Å². The highest BCUT2D eigenvalue weighted by Gasteiger charge is 2.30. The molecule has 0 bridgehead atoms. The summed E-state index contributed by atoms with van der Waals surface area (Å²) >= 11 is 1.66. The van der Waals surface area contributed by atoms with Gasteiger partial charge in [-0.3, -0.25) is 4.57 Å². The molecule has 26 heavy (non-hydrogen) atoms. The smallest absolute Gasteiger partial charge is 0.195 e. The molecule has 3 aromatic rings. The van der Waals surface area contributed by atoms with Crippen molar-refractivity contribution < 1.29 is 9.47 Å². The summed E-state index contributed by atoms with van der Waals surface area (Å²) < 4.78 is 13.4. The Balaban J connectivity index is 1.44. The largest absolute Gasteiger partial charge is 0.493 e. The predicted octanol–water partition coefficient (Wildman–Crippen LogP) is 4.32. The van der Waals surface area contributed by atoms with E-state index in [1.807, 2.05) is 42.5 Å². The molecule has 0 atom stereocenters. The highest BCUT2D eigenvalue weighted by Crippen LogP contribution is 2.41. The molecule has 1 saturated carbocycles. The van der Waals surface area contributed by atoms with E-state index in [0.717, 1.165) is 33.9 Å². The van der Waals surface area contributed by atoms with Gasteiger partial charge >= 0.3 is 0 Å². The van der Waals surface area contributed by atoms with Crippen molar-refractivity contribution in [3.63, 3.8) is 0 Å². The first-order chi connectivity index (χ1) is 12.9. The third-order valence-corrected chi connectivity index (χ3v) is 5.15. The molecule has 0 spiro atoms. The first-order valence-electron chi connectivity index (χ1n) is 8.76. The average Bonchev–Trinajstić information content (AvgIpc) is 3.46. The molecule has 1 fully saturated rings. The van der Waals surface area contributed by atoms with Crippen molar-refractivity contribution in [2.45, 2.75) is 23.9 Å². The third kappa shape index (κ3) is 3.70. The van der Waals surface area contributed by atoms with Crippen LogP contribution < -0.4 is 9.47 Å². The van der Waals surface area contributed by atoms with Crippen LogP contribution in [-0.4, -0.2) is 34.2 Å². The number of thioether (sulfide) groups is 1. The van der Waals surface area contributed by atoms with E-state index < -0.39 is 0 Å². The highest BCUT2D eigenvalue weighted by molar-refractivity contribution is 7.99. The van der Waals surface area contributed by atoms with Gasteiger partial charge in [-0.15, -0.1) is 10.2 Å². The van der Waals surface area contributed by atoms with Crippen LogP contribution in [0, 0.1) is 0 Å². The monoisotopic (exact) mass is 367 g/mol. The first-order valence-corrected chi connectivity index (χ1v) is 9.74. The van der Waals surface area contributed by atoms with E-state index in [1.54, 1.807) is 18.9 Å². The number of nitrogens with zero attached hydrogens (tertiary/aromatic N) is 3. The molecule has 5 nitrogen and oxygen atoms in total. The molecule has 1 aliphatic rings. The number of ether oxygens (including phenoxy) is 2. The van der Waals surface area contributed by atoms with Crippen LogP contribution in [0.25, 0.3) is 5.69 Å². The molecular formula is C20H21N3O2S. The fourth-order valence-electron chi connectivity index (χ4n) is 2.82. The van der Waals surface area contributed by atoms with Gasteiger partial charge in [0.25, 0.3) is 0 Å². The fourth-order valence-corrected chi connectivity index (χ4v) is 3.60. The van der Waals surface area contributed by atoms with Crippen molar-refractivity contribution in [3.05, 3.63) is 60.4 Å². The number of rotatable bonds is 8. The lowest BCUT2D eigenvalue weighted by Crippen LogP contribution is -2.05. The molecule has 2 aromatic carbocycles. The number of para-hydroxylation sites is 3. The number of methoxy groups -OCH3 is 1. The minimum atomic E-state index is 0.543. The average molecular weight is 367 g/mol. The number of hydrogen-bond acceptors (Lipinski definition) is 5. The molecule has 0 radical (unpaired) electrons. The second kappa shape index (κ2) is 7.83. The minimum Gasteiger partial charge on any atom is -0.493 e. The zero-order valence-corrected chi connectivity index (χ0v) is 15.5. The molecule has 1 heterocycles. The molecule has 0 unspecified atom stereocenters. The summed E-state index contributed by atoms with van der Waals surface area (Å²) in [6.45, 7) is 0.575. The van der Waals surface area contributed by atoms with Gasteiger partial charge in [-0.05, 0) is 37.1 Å². The Morgan fingerprint density at radius 3 is 2.46 bits per heavy atom. The second-order valence-electron chi connectivity index (χ2n) is 6.13. The molecule has 0 saturated heterocycles. The van der Waals surface area contributed by atoms with Crippen molar-refractivity contribution in [1.29, 1.82) is 0 Å². The van der Waals surface area contributed by atoms with E-state index in [0.29, 0.717) is 12.5 Å². The van der Waals surface area contributed by atoms with Crippen LogP contribution in [-0.2, 0) is 0 Å². The summed E-state index contributed by atoms with van der Waals surface area (Å²) in [6, 6.07) is 18.0. The van der Waals surface area contributed by atoms with Gasteiger partial charge in [0, 0.05) is 17.4 Å². The van der Waals surface area contributed by atoms with Crippen molar-refractivity contribution >= 4 is 11.8 Å². The second-order valence-corrected chi connectivity index (χ2v) is 7.20. The summed E-state index contributed by atoms with van der Waals surface area (Å²) in [5, 5.41) is 9.80. The Kier molecular flexibility index (Phi) is 5.11. The molecule has 4 rings (SSSR count). The van der Waals surface area contributed by atoms with Gasteiger partial charge in [0.05, 0.1) is 13.7 Å². The molecule has 6 heteroatoms. The summed E-state index contributed by atoms with van der Waals surface area (Å²) in [5.74, 6) is 3.92. The summed E-state index contributed by atoms with van der Waals surface area (Å²) in [4.78, 5) is 0. The number of benzene rings is 2. The number of aromatic nitrogens is 3. The molecule has 0 amide bonds. The van der Waals surface area contributed by atoms with Crippen LogP contribution in [0.5, 0.6) is 11.5 Å². The van der Waals surface area contributed by atoms with Gasteiger partial charge in [-0.25, -0.2) is 0 Å². The third-order valence-electron chi connectivity index (χ3n) is 4.26. The van der Waals surface area contributed by atoms with E-state index >= 15 is 0 Å². The Labute approximate surface area is 157 Å². The lowest BCUT2D eigenvalue weighted by molar-refractivity contribution is 0.313. The van der Waals surface area contributed by atoms with E-state index in [1.165, 1.54) is 12.8 Å². The molecule has 0 aliphatic heterocycles. The molecular weight excluding hydrogens is 346 g/mol. The SMILES string of the molecule is COc1ccccc1OCCSc1nnc(C2CC2)n1-c1ccccc1. The van der Waals surface area contributed by atoms with Crippen molar-refractivity contribution in [2.24, 2.45) is 0 Å². The number of hydrogen-bond donors (Lipinski definition) is 0. The van der Waals surface area contributed by atoms with Crippen molar-refractivity contribution in [2.75, 3.05) is 19.5 Å².